The Kier molecular flexibility index (Phi) is 3.55. The standard InChI is InChI=1S/C16H23N3O/c1-20-14-7-2-4-12(10-14)16(8-9-16)11-18-15(17)19-13-5-3-6-13/h2,4,7,10,13H,3,5-6,8-9,11H2,1H3,(H3,17,18,19). The highest BCUT2D eigenvalue weighted by molar-refractivity contribution is 5.78. The molecule has 4 nitrogen and oxygen atoms in total. The molecule has 0 aromatic heterocycles. The Labute approximate surface area is 120 Å². The monoisotopic (exact) mass is 273 g/mol. The second-order valence-electron chi connectivity index (χ2n) is 5.99. The molecule has 3 rings (SSSR count). The maximum absolute atomic E-state index is 5.97. The molecular formula is C16H23N3O. The van der Waals surface area contributed by atoms with Crippen LogP contribution in [0.4, 0.5) is 0 Å². The summed E-state index contributed by atoms with van der Waals surface area (Å²) in [6.07, 6.45) is 6.11. The summed E-state index contributed by atoms with van der Waals surface area (Å²) >= 11 is 0. The highest BCUT2D eigenvalue weighted by Gasteiger charge is 2.44. The van der Waals surface area contributed by atoms with Crippen molar-refractivity contribution in [1.82, 2.24) is 5.32 Å². The Morgan fingerprint density at radius 1 is 1.45 bits per heavy atom. The van der Waals surface area contributed by atoms with Gasteiger partial charge in [0.05, 0.1) is 13.7 Å². The quantitative estimate of drug-likeness (QED) is 0.638. The number of nitrogens with zero attached hydrogens (tertiary/aromatic N) is 1. The van der Waals surface area contributed by atoms with E-state index >= 15 is 0 Å². The van der Waals surface area contributed by atoms with Crippen molar-refractivity contribution in [3.8, 4) is 5.75 Å². The van der Waals surface area contributed by atoms with Crippen LogP contribution in [0.2, 0.25) is 0 Å². The largest absolute Gasteiger partial charge is 0.497 e. The molecule has 2 aliphatic rings. The van der Waals surface area contributed by atoms with Crippen molar-refractivity contribution in [2.45, 2.75) is 43.6 Å². The average Bonchev–Trinajstić information content (AvgIpc) is 3.22. The van der Waals surface area contributed by atoms with Crippen molar-refractivity contribution in [3.63, 3.8) is 0 Å². The number of ether oxygens (including phenoxy) is 1. The van der Waals surface area contributed by atoms with Crippen LogP contribution in [0.5, 0.6) is 5.75 Å². The first-order valence-corrected chi connectivity index (χ1v) is 7.43. The Balaban J connectivity index is 1.64. The van der Waals surface area contributed by atoms with Gasteiger partial charge in [-0.2, -0.15) is 0 Å². The van der Waals surface area contributed by atoms with Crippen molar-refractivity contribution >= 4 is 5.96 Å². The zero-order chi connectivity index (χ0) is 14.0. The van der Waals surface area contributed by atoms with E-state index in [9.17, 15) is 0 Å². The third-order valence-electron chi connectivity index (χ3n) is 4.54. The van der Waals surface area contributed by atoms with E-state index in [1.165, 1.54) is 37.7 Å². The molecule has 20 heavy (non-hydrogen) atoms. The van der Waals surface area contributed by atoms with Gasteiger partial charge < -0.3 is 15.8 Å². The predicted octanol–water partition coefficient (Wildman–Crippen LogP) is 2.18. The van der Waals surface area contributed by atoms with E-state index in [1.807, 2.05) is 12.1 Å². The molecule has 0 radical (unpaired) electrons. The zero-order valence-electron chi connectivity index (χ0n) is 12.1. The summed E-state index contributed by atoms with van der Waals surface area (Å²) in [7, 11) is 1.71. The minimum atomic E-state index is 0.181. The second kappa shape index (κ2) is 5.35. The molecule has 1 aromatic carbocycles. The maximum Gasteiger partial charge on any atom is 0.188 e. The molecular weight excluding hydrogens is 250 g/mol. The Bertz CT molecular complexity index is 504. The van der Waals surface area contributed by atoms with Crippen LogP contribution in [0.15, 0.2) is 29.3 Å². The van der Waals surface area contributed by atoms with Gasteiger partial charge in [0, 0.05) is 11.5 Å². The van der Waals surface area contributed by atoms with Gasteiger partial charge in [-0.05, 0) is 49.8 Å². The minimum absolute atomic E-state index is 0.181. The van der Waals surface area contributed by atoms with E-state index in [0.29, 0.717) is 12.0 Å². The smallest absolute Gasteiger partial charge is 0.188 e. The fraction of sp³-hybridized carbons (Fsp3) is 0.562. The molecule has 2 aliphatic carbocycles. The van der Waals surface area contributed by atoms with Crippen LogP contribution in [-0.4, -0.2) is 25.7 Å². The first-order valence-electron chi connectivity index (χ1n) is 7.43. The maximum atomic E-state index is 5.97. The molecule has 0 amide bonds. The number of guanidine groups is 1. The van der Waals surface area contributed by atoms with Gasteiger partial charge in [-0.3, -0.25) is 4.99 Å². The first-order chi connectivity index (χ1) is 9.72. The van der Waals surface area contributed by atoms with Gasteiger partial charge in [-0.25, -0.2) is 0 Å². The average molecular weight is 273 g/mol. The molecule has 0 aliphatic heterocycles. The van der Waals surface area contributed by atoms with Crippen LogP contribution in [0, 0.1) is 0 Å². The second-order valence-corrected chi connectivity index (χ2v) is 5.99. The number of benzene rings is 1. The molecule has 1 aromatic rings. The topological polar surface area (TPSA) is 59.6 Å². The van der Waals surface area contributed by atoms with E-state index in [-0.39, 0.29) is 5.41 Å². The van der Waals surface area contributed by atoms with Crippen LogP contribution in [0.1, 0.15) is 37.7 Å². The molecule has 0 atom stereocenters. The molecule has 4 heteroatoms. The molecule has 2 fully saturated rings. The summed E-state index contributed by atoms with van der Waals surface area (Å²) in [6.45, 7) is 0.770. The van der Waals surface area contributed by atoms with E-state index in [0.717, 1.165) is 12.3 Å². The van der Waals surface area contributed by atoms with Crippen molar-refractivity contribution in [2.75, 3.05) is 13.7 Å². The highest BCUT2D eigenvalue weighted by Crippen LogP contribution is 2.49. The minimum Gasteiger partial charge on any atom is -0.497 e. The Hall–Kier alpha value is -1.71. The predicted molar refractivity (Wildman–Crippen MR) is 81.2 cm³/mol. The SMILES string of the molecule is COc1cccc(C2(CN=C(N)NC3CCC3)CC2)c1. The lowest BCUT2D eigenvalue weighted by Crippen LogP contribution is -2.44. The lowest BCUT2D eigenvalue weighted by Gasteiger charge is -2.27. The lowest BCUT2D eigenvalue weighted by molar-refractivity contribution is 0.382. The molecule has 0 spiro atoms. The molecule has 0 saturated heterocycles. The summed E-state index contributed by atoms with van der Waals surface area (Å²) in [6, 6.07) is 8.87. The Morgan fingerprint density at radius 2 is 2.25 bits per heavy atom. The first kappa shape index (κ1) is 13.3. The van der Waals surface area contributed by atoms with Crippen molar-refractivity contribution in [3.05, 3.63) is 29.8 Å². The van der Waals surface area contributed by atoms with Crippen LogP contribution in [0.3, 0.4) is 0 Å². The molecule has 0 bridgehead atoms. The molecule has 3 N–H and O–H groups in total. The van der Waals surface area contributed by atoms with Gasteiger partial charge in [0.15, 0.2) is 5.96 Å². The molecule has 0 unspecified atom stereocenters. The number of aliphatic imine (C=N–C) groups is 1. The van der Waals surface area contributed by atoms with Gasteiger partial charge in [-0.15, -0.1) is 0 Å². The van der Waals surface area contributed by atoms with Crippen molar-refractivity contribution in [1.29, 1.82) is 0 Å². The number of rotatable bonds is 5. The van der Waals surface area contributed by atoms with Crippen molar-refractivity contribution < 1.29 is 4.74 Å². The molecule has 108 valence electrons. The van der Waals surface area contributed by atoms with Crippen LogP contribution in [-0.2, 0) is 5.41 Å². The summed E-state index contributed by atoms with van der Waals surface area (Å²) in [4.78, 5) is 4.55. The van der Waals surface area contributed by atoms with E-state index in [1.54, 1.807) is 7.11 Å². The van der Waals surface area contributed by atoms with Crippen LogP contribution in [0.25, 0.3) is 0 Å². The van der Waals surface area contributed by atoms with Crippen LogP contribution >= 0.6 is 0 Å². The summed E-state index contributed by atoms with van der Waals surface area (Å²) < 4.78 is 5.31. The normalized spacial score (nSPS) is 21.1. The van der Waals surface area contributed by atoms with Gasteiger partial charge in [0.25, 0.3) is 0 Å². The Morgan fingerprint density at radius 3 is 2.85 bits per heavy atom. The van der Waals surface area contributed by atoms with Gasteiger partial charge in [-0.1, -0.05) is 12.1 Å². The number of methoxy groups -OCH3 is 1. The fourth-order valence-electron chi connectivity index (χ4n) is 2.69. The summed E-state index contributed by atoms with van der Waals surface area (Å²) in [5, 5.41) is 3.29. The summed E-state index contributed by atoms with van der Waals surface area (Å²) in [5.74, 6) is 1.52. The summed E-state index contributed by atoms with van der Waals surface area (Å²) in [5.41, 5.74) is 7.47. The molecule has 2 saturated carbocycles. The fourth-order valence-corrected chi connectivity index (χ4v) is 2.69. The third kappa shape index (κ3) is 2.74. The zero-order valence-corrected chi connectivity index (χ0v) is 12.1. The van der Waals surface area contributed by atoms with E-state index in [4.69, 9.17) is 10.5 Å². The number of hydrogen-bond donors (Lipinski definition) is 2. The lowest BCUT2D eigenvalue weighted by atomic mass is 9.93. The van der Waals surface area contributed by atoms with Crippen LogP contribution < -0.4 is 15.8 Å². The number of nitrogens with two attached hydrogens (primary N) is 1. The number of nitrogens with one attached hydrogen (secondary N) is 1. The highest BCUT2D eigenvalue weighted by atomic mass is 16.5. The van der Waals surface area contributed by atoms with Gasteiger partial charge in [0.1, 0.15) is 5.75 Å². The van der Waals surface area contributed by atoms with Gasteiger partial charge >= 0.3 is 0 Å². The number of hydrogen-bond acceptors (Lipinski definition) is 2. The van der Waals surface area contributed by atoms with Crippen molar-refractivity contribution in [2.24, 2.45) is 10.7 Å². The van der Waals surface area contributed by atoms with E-state index < -0.39 is 0 Å². The molecule has 0 heterocycles. The van der Waals surface area contributed by atoms with E-state index in [2.05, 4.69) is 22.4 Å². The third-order valence-corrected chi connectivity index (χ3v) is 4.54. The van der Waals surface area contributed by atoms with Gasteiger partial charge in [0.2, 0.25) is 0 Å².